The second kappa shape index (κ2) is 6.06. The van der Waals surface area contributed by atoms with Gasteiger partial charge in [-0.1, -0.05) is 49.6 Å². The number of likely N-dealkylation sites (tertiary alicyclic amines) is 1. The number of nitrogens with zero attached hydrogens (tertiary/aromatic N) is 1. The van der Waals surface area contributed by atoms with Crippen LogP contribution in [0.5, 0.6) is 0 Å². The SMILES string of the molecule is NC1C2CCCCCC1CN(Cc1ccccc1)C2. The highest BCUT2D eigenvalue weighted by Crippen LogP contribution is 2.32. The van der Waals surface area contributed by atoms with E-state index in [0.29, 0.717) is 6.04 Å². The second-order valence-corrected chi connectivity index (χ2v) is 6.42. The van der Waals surface area contributed by atoms with Crippen molar-refractivity contribution >= 4 is 0 Å². The highest BCUT2D eigenvalue weighted by atomic mass is 15.1. The van der Waals surface area contributed by atoms with Crippen molar-refractivity contribution < 1.29 is 0 Å². The van der Waals surface area contributed by atoms with Crippen molar-refractivity contribution in [2.75, 3.05) is 13.1 Å². The first-order valence-corrected chi connectivity index (χ1v) is 7.85. The van der Waals surface area contributed by atoms with Gasteiger partial charge in [-0.25, -0.2) is 0 Å². The zero-order chi connectivity index (χ0) is 13.1. The average Bonchev–Trinajstić information content (AvgIpc) is 2.43. The third kappa shape index (κ3) is 3.18. The fraction of sp³-hybridized carbons (Fsp3) is 0.647. The monoisotopic (exact) mass is 258 g/mol. The number of benzene rings is 1. The van der Waals surface area contributed by atoms with Crippen molar-refractivity contribution in [2.45, 2.75) is 44.7 Å². The molecule has 19 heavy (non-hydrogen) atoms. The van der Waals surface area contributed by atoms with Gasteiger partial charge >= 0.3 is 0 Å². The van der Waals surface area contributed by atoms with E-state index in [1.807, 2.05) is 0 Å². The average molecular weight is 258 g/mol. The molecule has 3 rings (SSSR count). The van der Waals surface area contributed by atoms with Crippen LogP contribution in [-0.4, -0.2) is 24.0 Å². The Morgan fingerprint density at radius 1 is 0.947 bits per heavy atom. The van der Waals surface area contributed by atoms with Gasteiger partial charge in [0.05, 0.1) is 0 Å². The summed E-state index contributed by atoms with van der Waals surface area (Å²) in [5, 5.41) is 0. The van der Waals surface area contributed by atoms with Crippen LogP contribution in [0.3, 0.4) is 0 Å². The minimum atomic E-state index is 0.451. The molecule has 0 radical (unpaired) electrons. The van der Waals surface area contributed by atoms with E-state index in [9.17, 15) is 0 Å². The summed E-state index contributed by atoms with van der Waals surface area (Å²) in [6, 6.07) is 11.3. The topological polar surface area (TPSA) is 29.3 Å². The summed E-state index contributed by atoms with van der Waals surface area (Å²) in [5.74, 6) is 1.45. The molecule has 2 fully saturated rings. The van der Waals surface area contributed by atoms with E-state index in [0.717, 1.165) is 18.4 Å². The molecule has 2 N–H and O–H groups in total. The second-order valence-electron chi connectivity index (χ2n) is 6.42. The van der Waals surface area contributed by atoms with Crippen LogP contribution in [-0.2, 0) is 6.54 Å². The van der Waals surface area contributed by atoms with E-state index in [1.165, 1.54) is 50.8 Å². The lowest BCUT2D eigenvalue weighted by Gasteiger charge is -2.44. The molecule has 1 aliphatic carbocycles. The number of hydrogen-bond acceptors (Lipinski definition) is 2. The third-order valence-electron chi connectivity index (χ3n) is 4.97. The molecule has 2 heteroatoms. The fourth-order valence-electron chi connectivity index (χ4n) is 3.89. The zero-order valence-electron chi connectivity index (χ0n) is 11.8. The summed E-state index contributed by atoms with van der Waals surface area (Å²) in [4.78, 5) is 2.64. The van der Waals surface area contributed by atoms with Crippen LogP contribution in [0.2, 0.25) is 0 Å². The van der Waals surface area contributed by atoms with E-state index in [-0.39, 0.29) is 0 Å². The first kappa shape index (κ1) is 13.1. The van der Waals surface area contributed by atoms with E-state index >= 15 is 0 Å². The lowest BCUT2D eigenvalue weighted by molar-refractivity contribution is 0.0765. The van der Waals surface area contributed by atoms with Crippen LogP contribution in [0.1, 0.15) is 37.7 Å². The van der Waals surface area contributed by atoms with Crippen LogP contribution in [0.4, 0.5) is 0 Å². The largest absolute Gasteiger partial charge is 0.327 e. The van der Waals surface area contributed by atoms with Gasteiger partial charge in [-0.3, -0.25) is 4.90 Å². The Labute approximate surface area is 117 Å². The third-order valence-corrected chi connectivity index (χ3v) is 4.97. The first-order valence-electron chi connectivity index (χ1n) is 7.85. The summed E-state index contributed by atoms with van der Waals surface area (Å²) >= 11 is 0. The van der Waals surface area contributed by atoms with E-state index < -0.39 is 0 Å². The predicted octanol–water partition coefficient (Wildman–Crippen LogP) is 3.03. The lowest BCUT2D eigenvalue weighted by atomic mass is 9.77. The maximum atomic E-state index is 6.48. The smallest absolute Gasteiger partial charge is 0.0233 e. The van der Waals surface area contributed by atoms with Gasteiger partial charge in [0, 0.05) is 25.7 Å². The number of hydrogen-bond donors (Lipinski definition) is 1. The first-order chi connectivity index (χ1) is 9.33. The molecule has 1 saturated heterocycles. The van der Waals surface area contributed by atoms with Crippen LogP contribution >= 0.6 is 0 Å². The molecule has 1 aromatic rings. The normalized spacial score (nSPS) is 32.6. The molecule has 2 unspecified atom stereocenters. The van der Waals surface area contributed by atoms with Crippen LogP contribution in [0.25, 0.3) is 0 Å². The van der Waals surface area contributed by atoms with E-state index in [2.05, 4.69) is 35.2 Å². The highest BCUT2D eigenvalue weighted by Gasteiger charge is 2.34. The van der Waals surface area contributed by atoms with Gasteiger partial charge in [-0.05, 0) is 30.2 Å². The Hall–Kier alpha value is -0.860. The van der Waals surface area contributed by atoms with Gasteiger partial charge in [0.15, 0.2) is 0 Å². The Kier molecular flexibility index (Phi) is 4.19. The minimum Gasteiger partial charge on any atom is -0.327 e. The molecule has 2 nitrogen and oxygen atoms in total. The van der Waals surface area contributed by atoms with Crippen molar-refractivity contribution in [3.63, 3.8) is 0 Å². The summed E-state index contributed by atoms with van der Waals surface area (Å²) in [6.45, 7) is 3.50. The number of piperidine rings is 1. The molecule has 1 aliphatic heterocycles. The number of nitrogens with two attached hydrogens (primary N) is 1. The number of fused-ring (bicyclic) bond motifs is 2. The zero-order valence-corrected chi connectivity index (χ0v) is 11.8. The standard InChI is InChI=1S/C17H26N2/c18-17-15-9-5-2-6-10-16(17)13-19(12-15)11-14-7-3-1-4-8-14/h1,3-4,7-8,15-17H,2,5-6,9-13,18H2. The van der Waals surface area contributed by atoms with Crippen LogP contribution in [0.15, 0.2) is 30.3 Å². The molecule has 1 heterocycles. The molecule has 0 amide bonds. The molecular weight excluding hydrogens is 232 g/mol. The molecule has 0 spiro atoms. The van der Waals surface area contributed by atoms with E-state index in [1.54, 1.807) is 0 Å². The van der Waals surface area contributed by atoms with Gasteiger partial charge < -0.3 is 5.73 Å². The molecular formula is C17H26N2. The Morgan fingerprint density at radius 2 is 1.58 bits per heavy atom. The minimum absolute atomic E-state index is 0.451. The summed E-state index contributed by atoms with van der Waals surface area (Å²) < 4.78 is 0. The molecule has 104 valence electrons. The highest BCUT2D eigenvalue weighted by molar-refractivity contribution is 5.14. The van der Waals surface area contributed by atoms with Crippen molar-refractivity contribution in [2.24, 2.45) is 17.6 Å². The Balaban J connectivity index is 1.67. The molecule has 1 saturated carbocycles. The van der Waals surface area contributed by atoms with Crippen molar-refractivity contribution in [1.82, 2.24) is 4.90 Å². The maximum absolute atomic E-state index is 6.48. The van der Waals surface area contributed by atoms with E-state index in [4.69, 9.17) is 5.73 Å². The summed E-state index contributed by atoms with van der Waals surface area (Å²) in [6.07, 6.45) is 6.85. The van der Waals surface area contributed by atoms with Crippen molar-refractivity contribution in [3.05, 3.63) is 35.9 Å². The quantitative estimate of drug-likeness (QED) is 0.883. The fourth-order valence-corrected chi connectivity index (χ4v) is 3.89. The van der Waals surface area contributed by atoms with Gasteiger partial charge in [-0.15, -0.1) is 0 Å². The van der Waals surface area contributed by atoms with Gasteiger partial charge in [0.25, 0.3) is 0 Å². The molecule has 2 aliphatic rings. The molecule has 0 aromatic heterocycles. The maximum Gasteiger partial charge on any atom is 0.0233 e. The Bertz CT molecular complexity index is 374. The van der Waals surface area contributed by atoms with Crippen LogP contribution < -0.4 is 5.73 Å². The molecule has 2 bridgehead atoms. The van der Waals surface area contributed by atoms with Crippen molar-refractivity contribution in [3.8, 4) is 0 Å². The lowest BCUT2D eigenvalue weighted by Crippen LogP contribution is -2.53. The van der Waals surface area contributed by atoms with Gasteiger partial charge in [0.2, 0.25) is 0 Å². The van der Waals surface area contributed by atoms with Crippen LogP contribution in [0, 0.1) is 11.8 Å². The molecule has 1 aromatic carbocycles. The number of rotatable bonds is 2. The van der Waals surface area contributed by atoms with Crippen molar-refractivity contribution in [1.29, 1.82) is 0 Å². The Morgan fingerprint density at radius 3 is 2.21 bits per heavy atom. The van der Waals surface area contributed by atoms with Gasteiger partial charge in [0.1, 0.15) is 0 Å². The van der Waals surface area contributed by atoms with Gasteiger partial charge in [-0.2, -0.15) is 0 Å². The predicted molar refractivity (Wildman–Crippen MR) is 79.8 cm³/mol. The summed E-state index contributed by atoms with van der Waals surface area (Å²) in [5.41, 5.74) is 7.92. The molecule has 2 atom stereocenters. The summed E-state index contributed by atoms with van der Waals surface area (Å²) in [7, 11) is 0.